The van der Waals surface area contributed by atoms with Gasteiger partial charge in [-0.15, -0.1) is 0 Å². The zero-order valence-electron chi connectivity index (χ0n) is 6.88. The lowest BCUT2D eigenvalue weighted by Crippen LogP contribution is -1.99. The third-order valence-corrected chi connectivity index (χ3v) is 1.99. The molecule has 2 radical (unpaired) electrons. The summed E-state index contributed by atoms with van der Waals surface area (Å²) >= 11 is 0. The molecule has 0 bridgehead atoms. The van der Waals surface area contributed by atoms with Crippen molar-refractivity contribution in [2.45, 2.75) is 18.8 Å². The summed E-state index contributed by atoms with van der Waals surface area (Å²) in [4.78, 5) is 0. The van der Waals surface area contributed by atoms with Gasteiger partial charge in [-0.3, -0.25) is 0 Å². The van der Waals surface area contributed by atoms with Crippen molar-refractivity contribution < 1.29 is 11.0 Å². The topological polar surface area (TPSA) is 63.0 Å². The van der Waals surface area contributed by atoms with E-state index < -0.39 is 0 Å². The number of benzene rings is 1. The van der Waals surface area contributed by atoms with Crippen molar-refractivity contribution >= 4 is 13.3 Å². The average Bonchev–Trinajstić information content (AvgIpc) is 2.71. The maximum atomic E-state index is 5.55. The fourth-order valence-electron chi connectivity index (χ4n) is 1.18. The van der Waals surface area contributed by atoms with Crippen LogP contribution in [0.4, 0.5) is 0 Å². The SMILES string of the molecule is O.O.[B]c1ccc(C2CC2)cc1. The van der Waals surface area contributed by atoms with E-state index in [-0.39, 0.29) is 11.0 Å². The molecular weight excluding hydrogens is 151 g/mol. The molecule has 1 aliphatic carbocycles. The summed E-state index contributed by atoms with van der Waals surface area (Å²) in [7, 11) is 5.55. The molecule has 2 nitrogen and oxygen atoms in total. The van der Waals surface area contributed by atoms with Crippen LogP contribution in [0.2, 0.25) is 0 Å². The molecule has 0 amide bonds. The normalized spacial score (nSPS) is 14.3. The van der Waals surface area contributed by atoms with Gasteiger partial charge in [-0.1, -0.05) is 29.7 Å². The molecular formula is C9H13BO2. The van der Waals surface area contributed by atoms with Gasteiger partial charge in [0, 0.05) is 0 Å². The van der Waals surface area contributed by atoms with Gasteiger partial charge in [-0.2, -0.15) is 0 Å². The molecule has 1 aromatic carbocycles. The Hall–Kier alpha value is -0.795. The number of rotatable bonds is 1. The fraction of sp³-hybridized carbons (Fsp3) is 0.333. The minimum absolute atomic E-state index is 0. The van der Waals surface area contributed by atoms with E-state index in [0.717, 1.165) is 11.4 Å². The van der Waals surface area contributed by atoms with E-state index in [0.29, 0.717) is 0 Å². The van der Waals surface area contributed by atoms with Gasteiger partial charge in [-0.05, 0) is 24.3 Å². The molecule has 2 rings (SSSR count). The molecule has 0 atom stereocenters. The zero-order valence-corrected chi connectivity index (χ0v) is 6.88. The van der Waals surface area contributed by atoms with Crippen LogP contribution in [0.3, 0.4) is 0 Å². The standard InChI is InChI=1S/C9H9B.2H2O/c10-9-5-3-8(4-6-9)7-1-2-7;;/h3-7H,1-2H2;2*1H2. The van der Waals surface area contributed by atoms with Crippen molar-refractivity contribution in [3.63, 3.8) is 0 Å². The van der Waals surface area contributed by atoms with Crippen molar-refractivity contribution in [3.8, 4) is 0 Å². The zero-order chi connectivity index (χ0) is 6.97. The summed E-state index contributed by atoms with van der Waals surface area (Å²) in [5, 5.41) is 0. The second kappa shape index (κ2) is 4.29. The summed E-state index contributed by atoms with van der Waals surface area (Å²) in [5.74, 6) is 0.848. The number of hydrogen-bond acceptors (Lipinski definition) is 0. The van der Waals surface area contributed by atoms with Crippen LogP contribution in [-0.4, -0.2) is 18.8 Å². The predicted octanol–water partition coefficient (Wildman–Crippen LogP) is -0.292. The highest BCUT2D eigenvalue weighted by Gasteiger charge is 2.22. The first kappa shape index (κ1) is 11.2. The predicted molar refractivity (Wildman–Crippen MR) is 51.0 cm³/mol. The fourth-order valence-corrected chi connectivity index (χ4v) is 1.18. The smallest absolute Gasteiger partial charge is 0.113 e. The van der Waals surface area contributed by atoms with Gasteiger partial charge in [0.15, 0.2) is 0 Å². The van der Waals surface area contributed by atoms with E-state index in [1.807, 2.05) is 12.1 Å². The van der Waals surface area contributed by atoms with Crippen LogP contribution >= 0.6 is 0 Å². The van der Waals surface area contributed by atoms with Gasteiger partial charge < -0.3 is 11.0 Å². The minimum atomic E-state index is 0. The molecule has 1 fully saturated rings. The molecule has 1 aromatic rings. The molecule has 1 saturated carbocycles. The lowest BCUT2D eigenvalue weighted by atomic mass is 9.94. The third-order valence-electron chi connectivity index (χ3n) is 1.99. The Labute approximate surface area is 73.6 Å². The van der Waals surface area contributed by atoms with Crippen molar-refractivity contribution in [2.75, 3.05) is 0 Å². The summed E-state index contributed by atoms with van der Waals surface area (Å²) < 4.78 is 0. The van der Waals surface area contributed by atoms with Gasteiger partial charge >= 0.3 is 0 Å². The summed E-state index contributed by atoms with van der Waals surface area (Å²) in [5.41, 5.74) is 2.32. The molecule has 1 aliphatic rings. The van der Waals surface area contributed by atoms with E-state index in [4.69, 9.17) is 7.85 Å². The quantitative estimate of drug-likeness (QED) is 0.512. The van der Waals surface area contributed by atoms with E-state index in [1.54, 1.807) is 0 Å². The highest BCUT2D eigenvalue weighted by molar-refractivity contribution is 6.32. The lowest BCUT2D eigenvalue weighted by molar-refractivity contribution is 0.823. The second-order valence-electron chi connectivity index (χ2n) is 2.94. The Kier molecular flexibility index (Phi) is 4.00. The summed E-state index contributed by atoms with van der Waals surface area (Å²) in [6.45, 7) is 0. The lowest BCUT2D eigenvalue weighted by Gasteiger charge is -1.96. The van der Waals surface area contributed by atoms with E-state index in [1.165, 1.54) is 18.4 Å². The average molecular weight is 164 g/mol. The Morgan fingerprint density at radius 1 is 1.00 bits per heavy atom. The molecule has 12 heavy (non-hydrogen) atoms. The number of hydrogen-bond donors (Lipinski definition) is 0. The highest BCUT2D eigenvalue weighted by atomic mass is 16.0. The Balaban J connectivity index is 0.000000605. The maximum absolute atomic E-state index is 5.55. The molecule has 0 heterocycles. The molecule has 0 aromatic heterocycles. The highest BCUT2D eigenvalue weighted by Crippen LogP contribution is 2.39. The molecule has 0 saturated heterocycles. The van der Waals surface area contributed by atoms with Gasteiger partial charge in [-0.25, -0.2) is 0 Å². The maximum Gasteiger partial charge on any atom is 0.113 e. The van der Waals surface area contributed by atoms with Crippen LogP contribution in [-0.2, 0) is 0 Å². The van der Waals surface area contributed by atoms with E-state index in [9.17, 15) is 0 Å². The van der Waals surface area contributed by atoms with Crippen LogP contribution in [0.1, 0.15) is 24.3 Å². The Morgan fingerprint density at radius 3 is 1.92 bits per heavy atom. The first-order chi connectivity index (χ1) is 4.86. The molecule has 0 aliphatic heterocycles. The van der Waals surface area contributed by atoms with Crippen LogP contribution in [0, 0.1) is 0 Å². The monoisotopic (exact) mass is 164 g/mol. The van der Waals surface area contributed by atoms with Crippen LogP contribution in [0.15, 0.2) is 24.3 Å². The molecule has 64 valence electrons. The van der Waals surface area contributed by atoms with E-state index >= 15 is 0 Å². The molecule has 0 unspecified atom stereocenters. The molecule has 0 spiro atoms. The largest absolute Gasteiger partial charge is 0.412 e. The van der Waals surface area contributed by atoms with Gasteiger partial charge in [0.2, 0.25) is 0 Å². The second-order valence-corrected chi connectivity index (χ2v) is 2.94. The van der Waals surface area contributed by atoms with Crippen LogP contribution in [0.5, 0.6) is 0 Å². The van der Waals surface area contributed by atoms with Crippen molar-refractivity contribution in [1.82, 2.24) is 0 Å². The summed E-state index contributed by atoms with van der Waals surface area (Å²) in [6, 6.07) is 8.22. The molecule has 4 N–H and O–H groups in total. The third kappa shape index (κ3) is 2.36. The summed E-state index contributed by atoms with van der Waals surface area (Å²) in [6.07, 6.45) is 2.73. The van der Waals surface area contributed by atoms with Crippen LogP contribution < -0.4 is 5.46 Å². The minimum Gasteiger partial charge on any atom is -0.412 e. The Morgan fingerprint density at radius 2 is 1.50 bits per heavy atom. The van der Waals surface area contributed by atoms with Crippen LogP contribution in [0.25, 0.3) is 0 Å². The van der Waals surface area contributed by atoms with Gasteiger partial charge in [0.1, 0.15) is 7.85 Å². The molecule has 3 heteroatoms. The van der Waals surface area contributed by atoms with Crippen molar-refractivity contribution in [2.24, 2.45) is 0 Å². The van der Waals surface area contributed by atoms with Crippen molar-refractivity contribution in [3.05, 3.63) is 29.8 Å². The first-order valence-electron chi connectivity index (χ1n) is 3.72. The first-order valence-corrected chi connectivity index (χ1v) is 3.72. The van der Waals surface area contributed by atoms with E-state index in [2.05, 4.69) is 12.1 Å². The van der Waals surface area contributed by atoms with Crippen molar-refractivity contribution in [1.29, 1.82) is 0 Å². The van der Waals surface area contributed by atoms with Gasteiger partial charge in [0.25, 0.3) is 0 Å². The Bertz CT molecular complexity index is 229. The van der Waals surface area contributed by atoms with Gasteiger partial charge in [0.05, 0.1) is 0 Å².